The summed E-state index contributed by atoms with van der Waals surface area (Å²) in [6, 6.07) is 10.3. The molecule has 0 amide bonds. The Morgan fingerprint density at radius 2 is 1.93 bits per heavy atom. The van der Waals surface area contributed by atoms with Gasteiger partial charge in [-0.25, -0.2) is 0 Å². The van der Waals surface area contributed by atoms with Gasteiger partial charge in [0.15, 0.2) is 0 Å². The summed E-state index contributed by atoms with van der Waals surface area (Å²) in [7, 11) is 1.56. The van der Waals surface area contributed by atoms with Crippen LogP contribution in [0.3, 0.4) is 0 Å². The minimum atomic E-state index is -0.176. The molecule has 0 atom stereocenters. The molecule has 2 aromatic carbocycles. The van der Waals surface area contributed by atoms with Crippen LogP contribution in [0.25, 0.3) is 22.1 Å². The van der Waals surface area contributed by atoms with E-state index < -0.39 is 0 Å². The van der Waals surface area contributed by atoms with Crippen LogP contribution in [0.5, 0.6) is 11.5 Å². The highest BCUT2D eigenvalue weighted by atomic mass is 16.5. The van der Waals surface area contributed by atoms with E-state index in [4.69, 9.17) is 14.3 Å². The molecule has 0 saturated carbocycles. The van der Waals surface area contributed by atoms with Gasteiger partial charge in [-0.05, 0) is 12.1 Å². The standard InChI is InChI=1S/C23H26N2O5/c1-29-21-5-3-2-4-16(21)19-15-30-23-17(22(19)28)6-7-20(27)18(23)14-25-10-8-24(9-11-25)12-13-26/h2-7,15,26-27H,8-14H2,1H3. The van der Waals surface area contributed by atoms with Crippen molar-refractivity contribution in [3.05, 3.63) is 58.4 Å². The van der Waals surface area contributed by atoms with Crippen molar-refractivity contribution in [3.8, 4) is 22.6 Å². The third-order valence-electron chi connectivity index (χ3n) is 5.80. The third kappa shape index (κ3) is 3.92. The largest absolute Gasteiger partial charge is 0.872 e. The van der Waals surface area contributed by atoms with E-state index in [0.29, 0.717) is 46.5 Å². The summed E-state index contributed by atoms with van der Waals surface area (Å²) < 4.78 is 11.3. The lowest BCUT2D eigenvalue weighted by Gasteiger charge is -2.32. The van der Waals surface area contributed by atoms with E-state index in [2.05, 4.69) is 4.90 Å². The number of hydrogen-bond donors (Lipinski definition) is 2. The fourth-order valence-electron chi connectivity index (χ4n) is 4.12. The minimum absolute atomic E-state index is 0.110. The second-order valence-corrected chi connectivity index (χ2v) is 7.59. The van der Waals surface area contributed by atoms with E-state index in [1.54, 1.807) is 19.2 Å². The van der Waals surface area contributed by atoms with Gasteiger partial charge in [0.2, 0.25) is 5.43 Å². The Balaban J connectivity index is 1.68. The first-order valence-electron chi connectivity index (χ1n) is 10.2. The Morgan fingerprint density at radius 3 is 2.67 bits per heavy atom. The van der Waals surface area contributed by atoms with E-state index >= 15 is 0 Å². The number of para-hydroxylation sites is 1. The first-order valence-corrected chi connectivity index (χ1v) is 10.2. The highest BCUT2D eigenvalue weighted by Gasteiger charge is 2.22. The summed E-state index contributed by atoms with van der Waals surface area (Å²) >= 11 is 0. The van der Waals surface area contributed by atoms with Gasteiger partial charge in [-0.2, -0.15) is 0 Å². The molecular formula is C23H26N2O5. The fourth-order valence-corrected chi connectivity index (χ4v) is 4.12. The highest BCUT2D eigenvalue weighted by Crippen LogP contribution is 2.30. The summed E-state index contributed by atoms with van der Waals surface area (Å²) in [6.07, 6.45) is 1.43. The molecule has 2 heterocycles. The minimum Gasteiger partial charge on any atom is -0.872 e. The van der Waals surface area contributed by atoms with Crippen LogP contribution < -0.4 is 20.2 Å². The van der Waals surface area contributed by atoms with E-state index in [-0.39, 0.29) is 17.8 Å². The monoisotopic (exact) mass is 410 g/mol. The smallest absolute Gasteiger partial charge is 0.200 e. The number of nitrogens with zero attached hydrogens (tertiary/aromatic N) is 1. The first-order chi connectivity index (χ1) is 14.6. The van der Waals surface area contributed by atoms with E-state index in [1.165, 1.54) is 17.2 Å². The van der Waals surface area contributed by atoms with Crippen LogP contribution in [0.4, 0.5) is 0 Å². The Kier molecular flexibility index (Phi) is 6.03. The molecule has 1 aliphatic rings. The van der Waals surface area contributed by atoms with Crippen molar-refractivity contribution in [1.82, 2.24) is 4.90 Å². The molecule has 2 N–H and O–H groups in total. The molecule has 1 aromatic heterocycles. The summed E-state index contributed by atoms with van der Waals surface area (Å²) in [5, 5.41) is 22.1. The number of piperazine rings is 1. The topological polar surface area (TPSA) is 90.4 Å². The molecule has 0 bridgehead atoms. The lowest BCUT2D eigenvalue weighted by molar-refractivity contribution is -0.918. The van der Waals surface area contributed by atoms with Gasteiger partial charge in [0, 0.05) is 30.8 Å². The zero-order valence-electron chi connectivity index (χ0n) is 17.0. The molecule has 158 valence electrons. The van der Waals surface area contributed by atoms with Gasteiger partial charge in [0.1, 0.15) is 24.1 Å². The molecule has 1 aliphatic heterocycles. The van der Waals surface area contributed by atoms with Gasteiger partial charge in [-0.15, -0.1) is 0 Å². The highest BCUT2D eigenvalue weighted by molar-refractivity contribution is 5.86. The number of quaternary nitrogens is 1. The molecule has 1 saturated heterocycles. The van der Waals surface area contributed by atoms with Gasteiger partial charge in [-0.1, -0.05) is 30.0 Å². The molecule has 7 heteroatoms. The molecule has 0 aliphatic carbocycles. The van der Waals surface area contributed by atoms with Crippen molar-refractivity contribution >= 4 is 11.0 Å². The van der Waals surface area contributed by atoms with Crippen LogP contribution >= 0.6 is 0 Å². The maximum atomic E-state index is 13.2. The number of β-amino-alcohol motifs (C(OH)–C–C–N with tert-alkyl or cyclic N) is 1. The third-order valence-corrected chi connectivity index (χ3v) is 5.80. The Labute approximate surface area is 174 Å². The Hall–Kier alpha value is -2.87. The van der Waals surface area contributed by atoms with Gasteiger partial charge in [0.25, 0.3) is 0 Å². The molecule has 3 aromatic rings. The Bertz CT molecular complexity index is 1090. The van der Waals surface area contributed by atoms with Crippen LogP contribution in [0.1, 0.15) is 5.56 Å². The van der Waals surface area contributed by atoms with Crippen LogP contribution in [0.2, 0.25) is 0 Å². The van der Waals surface area contributed by atoms with Crippen molar-refractivity contribution < 1.29 is 24.3 Å². The Morgan fingerprint density at radius 1 is 1.17 bits per heavy atom. The molecule has 30 heavy (non-hydrogen) atoms. The lowest BCUT2D eigenvalue weighted by atomic mass is 10.0. The fraction of sp³-hybridized carbons (Fsp3) is 0.348. The number of benzene rings is 2. The van der Waals surface area contributed by atoms with Crippen LogP contribution in [-0.4, -0.2) is 56.4 Å². The quantitative estimate of drug-likeness (QED) is 0.605. The number of ether oxygens (including phenoxy) is 1. The number of rotatable bonds is 6. The normalized spacial score (nSPS) is 15.5. The zero-order valence-corrected chi connectivity index (χ0v) is 17.0. The second-order valence-electron chi connectivity index (χ2n) is 7.59. The average Bonchev–Trinajstić information content (AvgIpc) is 2.77. The van der Waals surface area contributed by atoms with Gasteiger partial charge in [-0.3, -0.25) is 9.69 Å². The molecular weight excluding hydrogens is 384 g/mol. The van der Waals surface area contributed by atoms with Crippen molar-refractivity contribution in [2.45, 2.75) is 6.54 Å². The van der Waals surface area contributed by atoms with E-state index in [1.807, 2.05) is 18.2 Å². The number of methoxy groups -OCH3 is 1. The maximum Gasteiger partial charge on any atom is 0.200 e. The molecule has 0 unspecified atom stereocenters. The second kappa shape index (κ2) is 8.87. The maximum absolute atomic E-state index is 13.2. The molecule has 4 rings (SSSR count). The van der Waals surface area contributed by atoms with Crippen molar-refractivity contribution in [2.75, 3.05) is 46.4 Å². The zero-order chi connectivity index (χ0) is 21.1. The predicted octanol–water partition coefficient (Wildman–Crippen LogP) is 0.235. The van der Waals surface area contributed by atoms with Crippen molar-refractivity contribution in [2.24, 2.45) is 0 Å². The van der Waals surface area contributed by atoms with Crippen molar-refractivity contribution in [1.29, 1.82) is 0 Å². The number of nitrogens with one attached hydrogen (secondary N) is 1. The van der Waals surface area contributed by atoms with E-state index in [9.17, 15) is 9.90 Å². The summed E-state index contributed by atoms with van der Waals surface area (Å²) in [5.41, 5.74) is 1.81. The predicted molar refractivity (Wildman–Crippen MR) is 112 cm³/mol. The molecule has 7 nitrogen and oxygen atoms in total. The summed E-state index contributed by atoms with van der Waals surface area (Å²) in [5.74, 6) is 0.482. The number of hydrogen-bond acceptors (Lipinski definition) is 6. The number of aliphatic hydroxyl groups excluding tert-OH is 1. The van der Waals surface area contributed by atoms with Gasteiger partial charge in [0.05, 0.1) is 37.8 Å². The number of fused-ring (bicyclic) bond motifs is 1. The molecule has 1 fully saturated rings. The van der Waals surface area contributed by atoms with Gasteiger partial charge < -0.3 is 24.3 Å². The first kappa shape index (κ1) is 20.4. The summed E-state index contributed by atoms with van der Waals surface area (Å²) in [6.45, 7) is 4.84. The van der Waals surface area contributed by atoms with Crippen LogP contribution in [0, 0.1) is 0 Å². The van der Waals surface area contributed by atoms with Crippen LogP contribution in [-0.2, 0) is 6.54 Å². The SMILES string of the molecule is COc1ccccc1-c1coc2c(C[NH+]3CCN(CCO)CC3)c([O-])ccc2c1=O. The molecule has 0 spiro atoms. The van der Waals surface area contributed by atoms with E-state index in [0.717, 1.165) is 26.2 Å². The lowest BCUT2D eigenvalue weighted by Crippen LogP contribution is -3.13. The summed E-state index contributed by atoms with van der Waals surface area (Å²) in [4.78, 5) is 16.7. The van der Waals surface area contributed by atoms with Crippen molar-refractivity contribution in [3.63, 3.8) is 0 Å². The molecule has 0 radical (unpaired) electrons. The average molecular weight is 410 g/mol. The van der Waals surface area contributed by atoms with Gasteiger partial charge >= 0.3 is 0 Å². The van der Waals surface area contributed by atoms with Crippen LogP contribution in [0.15, 0.2) is 51.9 Å². The number of aliphatic hydroxyl groups is 1.